The second kappa shape index (κ2) is 5.34. The lowest BCUT2D eigenvalue weighted by molar-refractivity contribution is 0.0516. The zero-order valence-electron chi connectivity index (χ0n) is 11.2. The van der Waals surface area contributed by atoms with E-state index >= 15 is 0 Å². The van der Waals surface area contributed by atoms with Crippen LogP contribution in [0.4, 0.5) is 0 Å². The molecule has 0 saturated carbocycles. The molecule has 0 spiro atoms. The third-order valence-corrected chi connectivity index (χ3v) is 3.08. The van der Waals surface area contributed by atoms with Crippen molar-refractivity contribution in [3.05, 3.63) is 17.8 Å². The summed E-state index contributed by atoms with van der Waals surface area (Å²) in [5.74, 6) is 0.604. The largest absolute Gasteiger partial charge is 0.461 e. The van der Waals surface area contributed by atoms with Gasteiger partial charge in [0.15, 0.2) is 12.1 Å². The van der Waals surface area contributed by atoms with E-state index in [1.54, 1.807) is 6.92 Å². The maximum Gasteiger partial charge on any atom is 0.360 e. The van der Waals surface area contributed by atoms with Crippen LogP contribution >= 0.6 is 0 Å². The molecule has 0 amide bonds. The third kappa shape index (κ3) is 3.58. The van der Waals surface area contributed by atoms with Crippen molar-refractivity contribution in [2.75, 3.05) is 6.61 Å². The first-order valence-corrected chi connectivity index (χ1v) is 5.95. The highest BCUT2D eigenvalue weighted by molar-refractivity contribution is 5.88. The van der Waals surface area contributed by atoms with Gasteiger partial charge in [0, 0.05) is 6.42 Å². The summed E-state index contributed by atoms with van der Waals surface area (Å²) in [6.45, 7) is 10.8. The van der Waals surface area contributed by atoms with Crippen molar-refractivity contribution in [3.8, 4) is 0 Å². The molecule has 1 heterocycles. The minimum atomic E-state index is -0.405. The molecule has 0 fully saturated rings. The van der Waals surface area contributed by atoms with Gasteiger partial charge < -0.3 is 9.15 Å². The first-order valence-electron chi connectivity index (χ1n) is 5.95. The number of esters is 1. The van der Waals surface area contributed by atoms with Gasteiger partial charge in [-0.2, -0.15) is 0 Å². The Morgan fingerprint density at radius 3 is 2.71 bits per heavy atom. The quantitative estimate of drug-likeness (QED) is 0.758. The Labute approximate surface area is 102 Å². The average Bonchev–Trinajstić information content (AvgIpc) is 2.64. The molecule has 1 rings (SSSR count). The predicted octanol–water partition coefficient (Wildman–Crippen LogP) is 3.08. The standard InChI is InChI=1S/C13H21NO3/c1-6-16-12(15)11-10(17-8-14-11)7-9(2)13(3,4)5/h8-9H,6-7H2,1-5H3. The van der Waals surface area contributed by atoms with Gasteiger partial charge in [-0.3, -0.25) is 0 Å². The van der Waals surface area contributed by atoms with Gasteiger partial charge >= 0.3 is 5.97 Å². The van der Waals surface area contributed by atoms with E-state index in [1.165, 1.54) is 6.39 Å². The zero-order valence-corrected chi connectivity index (χ0v) is 11.2. The van der Waals surface area contributed by atoms with Crippen LogP contribution in [0.1, 0.15) is 50.9 Å². The highest BCUT2D eigenvalue weighted by Gasteiger charge is 2.25. The van der Waals surface area contributed by atoms with Crippen LogP contribution in [0.25, 0.3) is 0 Å². The first-order chi connectivity index (χ1) is 7.86. The van der Waals surface area contributed by atoms with Crippen LogP contribution < -0.4 is 0 Å². The van der Waals surface area contributed by atoms with Crippen molar-refractivity contribution in [3.63, 3.8) is 0 Å². The summed E-state index contributed by atoms with van der Waals surface area (Å²) in [5.41, 5.74) is 0.474. The highest BCUT2D eigenvalue weighted by atomic mass is 16.5. The fourth-order valence-electron chi connectivity index (χ4n) is 1.37. The van der Waals surface area contributed by atoms with E-state index in [2.05, 4.69) is 32.7 Å². The Kier molecular flexibility index (Phi) is 4.32. The number of nitrogens with zero attached hydrogens (tertiary/aromatic N) is 1. The third-order valence-electron chi connectivity index (χ3n) is 3.08. The molecule has 0 N–H and O–H groups in total. The summed E-state index contributed by atoms with van der Waals surface area (Å²) in [6, 6.07) is 0. The van der Waals surface area contributed by atoms with Gasteiger partial charge in [-0.15, -0.1) is 0 Å². The number of carbonyl (C=O) groups is 1. The minimum Gasteiger partial charge on any atom is -0.461 e. The van der Waals surface area contributed by atoms with Crippen molar-refractivity contribution in [2.45, 2.75) is 41.0 Å². The molecule has 0 aliphatic heterocycles. The molecule has 4 heteroatoms. The molecule has 0 bridgehead atoms. The van der Waals surface area contributed by atoms with Gasteiger partial charge in [0.25, 0.3) is 0 Å². The van der Waals surface area contributed by atoms with Crippen LogP contribution in [-0.4, -0.2) is 17.6 Å². The number of hydrogen-bond acceptors (Lipinski definition) is 4. The molecule has 1 aromatic rings. The summed E-state index contributed by atoms with van der Waals surface area (Å²) in [6.07, 6.45) is 1.99. The molecule has 0 aromatic carbocycles. The molecule has 0 aliphatic carbocycles. The molecule has 1 aromatic heterocycles. The monoisotopic (exact) mass is 239 g/mol. The summed E-state index contributed by atoms with van der Waals surface area (Å²) in [7, 11) is 0. The lowest BCUT2D eigenvalue weighted by Gasteiger charge is -2.26. The van der Waals surface area contributed by atoms with E-state index in [4.69, 9.17) is 9.15 Å². The second-order valence-electron chi connectivity index (χ2n) is 5.32. The fraction of sp³-hybridized carbons (Fsp3) is 0.692. The van der Waals surface area contributed by atoms with E-state index in [1.807, 2.05) is 0 Å². The van der Waals surface area contributed by atoms with Crippen LogP contribution in [0.5, 0.6) is 0 Å². The van der Waals surface area contributed by atoms with Gasteiger partial charge in [0.05, 0.1) is 6.61 Å². The highest BCUT2D eigenvalue weighted by Crippen LogP contribution is 2.29. The number of carbonyl (C=O) groups excluding carboxylic acids is 1. The molecule has 1 unspecified atom stereocenters. The Bertz CT molecular complexity index is 376. The van der Waals surface area contributed by atoms with Gasteiger partial charge in [0.2, 0.25) is 0 Å². The van der Waals surface area contributed by atoms with E-state index < -0.39 is 5.97 Å². The van der Waals surface area contributed by atoms with Crippen LogP contribution in [0.3, 0.4) is 0 Å². The Hall–Kier alpha value is -1.32. The summed E-state index contributed by atoms with van der Waals surface area (Å²) < 4.78 is 10.2. The van der Waals surface area contributed by atoms with E-state index in [0.29, 0.717) is 30.4 Å². The molecule has 4 nitrogen and oxygen atoms in total. The predicted molar refractivity (Wildman–Crippen MR) is 64.8 cm³/mol. The van der Waals surface area contributed by atoms with Crippen molar-refractivity contribution in [1.82, 2.24) is 4.98 Å². The summed E-state index contributed by atoms with van der Waals surface area (Å²) >= 11 is 0. The maximum atomic E-state index is 11.6. The average molecular weight is 239 g/mol. The van der Waals surface area contributed by atoms with Crippen LogP contribution in [0.15, 0.2) is 10.8 Å². The lowest BCUT2D eigenvalue weighted by Crippen LogP contribution is -2.20. The van der Waals surface area contributed by atoms with Crippen molar-refractivity contribution in [2.24, 2.45) is 11.3 Å². The van der Waals surface area contributed by atoms with Gasteiger partial charge in [-0.25, -0.2) is 9.78 Å². The van der Waals surface area contributed by atoms with Crippen LogP contribution in [0, 0.1) is 11.3 Å². The van der Waals surface area contributed by atoms with E-state index in [9.17, 15) is 4.79 Å². The van der Waals surface area contributed by atoms with E-state index in [-0.39, 0.29) is 5.41 Å². The molecule has 0 aliphatic rings. The summed E-state index contributed by atoms with van der Waals surface area (Å²) in [4.78, 5) is 15.5. The van der Waals surface area contributed by atoms with Gasteiger partial charge in [0.1, 0.15) is 5.76 Å². The minimum absolute atomic E-state index is 0.165. The Balaban J connectivity index is 2.79. The van der Waals surface area contributed by atoms with Gasteiger partial charge in [-0.05, 0) is 18.3 Å². The van der Waals surface area contributed by atoms with Crippen LogP contribution in [0.2, 0.25) is 0 Å². The molecular formula is C13H21NO3. The fourth-order valence-corrected chi connectivity index (χ4v) is 1.37. The van der Waals surface area contributed by atoms with Crippen molar-refractivity contribution >= 4 is 5.97 Å². The van der Waals surface area contributed by atoms with Gasteiger partial charge in [-0.1, -0.05) is 27.7 Å². The smallest absolute Gasteiger partial charge is 0.360 e. The number of rotatable bonds is 4. The maximum absolute atomic E-state index is 11.6. The number of aromatic nitrogens is 1. The molecular weight excluding hydrogens is 218 g/mol. The van der Waals surface area contributed by atoms with Crippen molar-refractivity contribution in [1.29, 1.82) is 0 Å². The van der Waals surface area contributed by atoms with Crippen LogP contribution in [-0.2, 0) is 11.2 Å². The number of ether oxygens (including phenoxy) is 1. The SMILES string of the molecule is CCOC(=O)c1ncoc1CC(C)C(C)(C)C. The number of hydrogen-bond donors (Lipinski definition) is 0. The van der Waals surface area contributed by atoms with E-state index in [0.717, 1.165) is 0 Å². The molecule has 96 valence electrons. The topological polar surface area (TPSA) is 52.3 Å². The second-order valence-corrected chi connectivity index (χ2v) is 5.32. The molecule has 0 saturated heterocycles. The zero-order chi connectivity index (χ0) is 13.1. The summed E-state index contributed by atoms with van der Waals surface area (Å²) in [5, 5.41) is 0. The molecule has 17 heavy (non-hydrogen) atoms. The number of oxazole rings is 1. The Morgan fingerprint density at radius 2 is 2.18 bits per heavy atom. The lowest BCUT2D eigenvalue weighted by atomic mass is 9.79. The molecule has 1 atom stereocenters. The Morgan fingerprint density at radius 1 is 1.53 bits per heavy atom. The first kappa shape index (κ1) is 13.7. The van der Waals surface area contributed by atoms with Crippen molar-refractivity contribution < 1.29 is 13.9 Å². The normalized spacial score (nSPS) is 13.5. The molecule has 0 radical (unpaired) electrons.